The molecule has 0 amide bonds. The van der Waals surface area contributed by atoms with E-state index in [9.17, 15) is 4.21 Å². The summed E-state index contributed by atoms with van der Waals surface area (Å²) in [5.41, 5.74) is 4.47. The molecule has 0 fully saturated rings. The molecule has 22 heavy (non-hydrogen) atoms. The number of aromatic nitrogens is 2. The van der Waals surface area contributed by atoms with E-state index in [1.165, 1.54) is 0 Å². The molecule has 3 rings (SSSR count). The highest BCUT2D eigenvalue weighted by Crippen LogP contribution is 2.36. The van der Waals surface area contributed by atoms with Gasteiger partial charge in [0.2, 0.25) is 0 Å². The average Bonchev–Trinajstić information content (AvgIpc) is 2.89. The van der Waals surface area contributed by atoms with E-state index in [1.54, 1.807) is 24.3 Å². The maximum atomic E-state index is 11.0. The highest BCUT2D eigenvalue weighted by Gasteiger charge is 2.16. The molecule has 1 aromatic heterocycles. The molecule has 3 aromatic rings. The van der Waals surface area contributed by atoms with E-state index < -0.39 is 11.1 Å². The normalized spacial score (nSPS) is 12.3. The van der Waals surface area contributed by atoms with Crippen LogP contribution in [0.3, 0.4) is 0 Å². The van der Waals surface area contributed by atoms with Gasteiger partial charge in [-0.15, -0.1) is 0 Å². The molecule has 0 aliphatic heterocycles. The van der Waals surface area contributed by atoms with E-state index >= 15 is 0 Å². The second-order valence-electron chi connectivity index (χ2n) is 4.90. The topological polar surface area (TPSA) is 66.0 Å². The lowest BCUT2D eigenvalue weighted by molar-refractivity contribution is 0.564. The van der Waals surface area contributed by atoms with Crippen molar-refractivity contribution in [1.82, 2.24) is 10.2 Å². The van der Waals surface area contributed by atoms with Crippen molar-refractivity contribution in [3.05, 3.63) is 59.2 Å². The molecule has 0 radical (unpaired) electrons. The van der Waals surface area contributed by atoms with Gasteiger partial charge < -0.3 is 4.55 Å². The molecular formula is C16H13ClN2O2S. The number of hydrogen-bond donors (Lipinski definition) is 2. The van der Waals surface area contributed by atoms with Gasteiger partial charge in [-0.25, -0.2) is 4.21 Å². The predicted molar refractivity (Wildman–Crippen MR) is 88.2 cm³/mol. The molecule has 1 atom stereocenters. The third-order valence-corrected chi connectivity index (χ3v) is 4.31. The van der Waals surface area contributed by atoms with E-state index in [0.29, 0.717) is 15.7 Å². The van der Waals surface area contributed by atoms with Crippen molar-refractivity contribution in [3.63, 3.8) is 0 Å². The maximum absolute atomic E-state index is 11.0. The first-order chi connectivity index (χ1) is 10.6. The molecule has 0 aliphatic rings. The van der Waals surface area contributed by atoms with Crippen LogP contribution in [0.25, 0.3) is 22.4 Å². The highest BCUT2D eigenvalue weighted by atomic mass is 35.5. The summed E-state index contributed by atoms with van der Waals surface area (Å²) in [6, 6.07) is 14.7. The van der Waals surface area contributed by atoms with Crippen LogP contribution in [0.4, 0.5) is 0 Å². The van der Waals surface area contributed by atoms with Crippen molar-refractivity contribution in [1.29, 1.82) is 0 Å². The van der Waals surface area contributed by atoms with Crippen LogP contribution in [0, 0.1) is 6.92 Å². The first kappa shape index (κ1) is 15.0. The first-order valence-electron chi connectivity index (χ1n) is 6.58. The Bertz CT molecular complexity index is 844. The van der Waals surface area contributed by atoms with Crippen molar-refractivity contribution >= 4 is 22.7 Å². The monoisotopic (exact) mass is 332 g/mol. The molecule has 1 unspecified atom stereocenters. The van der Waals surface area contributed by atoms with Gasteiger partial charge in [-0.2, -0.15) is 5.10 Å². The van der Waals surface area contributed by atoms with Crippen LogP contribution in [0.5, 0.6) is 0 Å². The molecule has 0 spiro atoms. The van der Waals surface area contributed by atoms with E-state index in [0.717, 1.165) is 22.3 Å². The van der Waals surface area contributed by atoms with Gasteiger partial charge in [-0.3, -0.25) is 5.10 Å². The number of benzene rings is 2. The van der Waals surface area contributed by atoms with Gasteiger partial charge in [-0.05, 0) is 24.6 Å². The minimum absolute atomic E-state index is 0.350. The zero-order chi connectivity index (χ0) is 15.7. The fraction of sp³-hybridized carbons (Fsp3) is 0.0625. The summed E-state index contributed by atoms with van der Waals surface area (Å²) < 4.78 is 20.1. The Morgan fingerprint density at radius 3 is 2.50 bits per heavy atom. The molecular weight excluding hydrogens is 320 g/mol. The molecule has 2 aromatic carbocycles. The number of H-pyrrole nitrogens is 1. The van der Waals surface area contributed by atoms with Gasteiger partial charge >= 0.3 is 0 Å². The average molecular weight is 333 g/mol. The molecule has 0 bridgehead atoms. The minimum atomic E-state index is -1.99. The van der Waals surface area contributed by atoms with Crippen LogP contribution in [-0.2, 0) is 11.1 Å². The Morgan fingerprint density at radius 1 is 1.14 bits per heavy atom. The molecule has 112 valence electrons. The summed E-state index contributed by atoms with van der Waals surface area (Å²) in [6.45, 7) is 2.02. The number of aryl methyl sites for hydroxylation is 1. The van der Waals surface area contributed by atoms with Gasteiger partial charge in [0.05, 0.1) is 4.90 Å². The number of nitrogens with one attached hydrogen (secondary N) is 1. The van der Waals surface area contributed by atoms with Crippen molar-refractivity contribution in [2.75, 3.05) is 0 Å². The molecule has 0 aliphatic carbocycles. The van der Waals surface area contributed by atoms with Crippen LogP contribution in [0.1, 0.15) is 5.56 Å². The predicted octanol–water partition coefficient (Wildman–Crippen LogP) is 4.29. The summed E-state index contributed by atoms with van der Waals surface area (Å²) in [7, 11) is 0. The zero-order valence-electron chi connectivity index (χ0n) is 11.7. The molecule has 0 saturated heterocycles. The van der Waals surface area contributed by atoms with E-state index in [2.05, 4.69) is 10.2 Å². The lowest BCUT2D eigenvalue weighted by Crippen LogP contribution is -1.89. The van der Waals surface area contributed by atoms with Crippen LogP contribution in [-0.4, -0.2) is 19.0 Å². The summed E-state index contributed by atoms with van der Waals surface area (Å²) in [6.07, 6.45) is 0. The first-order valence-corrected chi connectivity index (χ1v) is 8.07. The van der Waals surface area contributed by atoms with Crippen LogP contribution < -0.4 is 0 Å². The number of nitrogens with zero attached hydrogens (tertiary/aromatic N) is 1. The Balaban J connectivity index is 2.11. The summed E-state index contributed by atoms with van der Waals surface area (Å²) in [5.74, 6) is 0. The Morgan fingerprint density at radius 2 is 1.86 bits per heavy atom. The molecule has 2 N–H and O–H groups in total. The number of halogens is 1. The molecule has 6 heteroatoms. The fourth-order valence-corrected chi connectivity index (χ4v) is 2.93. The largest absolute Gasteiger partial charge is 0.302 e. The molecule has 1 heterocycles. The number of aromatic amines is 1. The molecule has 0 saturated carbocycles. The zero-order valence-corrected chi connectivity index (χ0v) is 13.3. The van der Waals surface area contributed by atoms with E-state index in [-0.39, 0.29) is 0 Å². The smallest absolute Gasteiger partial charge is 0.186 e. The quantitative estimate of drug-likeness (QED) is 0.703. The Labute approximate surface area is 135 Å². The third-order valence-electron chi connectivity index (χ3n) is 3.36. The van der Waals surface area contributed by atoms with Crippen molar-refractivity contribution in [2.24, 2.45) is 0 Å². The van der Waals surface area contributed by atoms with Gasteiger partial charge in [0.25, 0.3) is 0 Å². The number of rotatable bonds is 3. The van der Waals surface area contributed by atoms with Gasteiger partial charge in [0, 0.05) is 11.1 Å². The van der Waals surface area contributed by atoms with Crippen molar-refractivity contribution in [3.8, 4) is 22.4 Å². The van der Waals surface area contributed by atoms with Gasteiger partial charge in [0.1, 0.15) is 10.8 Å². The van der Waals surface area contributed by atoms with Gasteiger partial charge in [0.15, 0.2) is 11.1 Å². The van der Waals surface area contributed by atoms with Crippen LogP contribution in [0.15, 0.2) is 53.4 Å². The summed E-state index contributed by atoms with van der Waals surface area (Å²) >= 11 is 4.27. The Hall–Kier alpha value is -1.95. The second kappa shape index (κ2) is 6.04. The lowest BCUT2D eigenvalue weighted by Gasteiger charge is -2.05. The summed E-state index contributed by atoms with van der Waals surface area (Å²) in [5, 5.41) is 7.54. The van der Waals surface area contributed by atoms with Crippen LogP contribution >= 0.6 is 11.6 Å². The van der Waals surface area contributed by atoms with Crippen molar-refractivity contribution < 1.29 is 8.76 Å². The van der Waals surface area contributed by atoms with E-state index in [1.807, 2.05) is 31.2 Å². The standard InChI is InChI=1S/C16H13ClN2O2S/c1-10-3-2-4-12(9-10)14-15(18-19-16(14)17)11-5-7-13(8-6-11)22(20)21/h2-9H,1H3,(H,18,19)(H,20,21). The second-order valence-corrected chi connectivity index (χ2v) is 6.25. The SMILES string of the molecule is Cc1cccc(-c2c(-c3ccc(S(=O)O)cc3)n[nH]c2Cl)c1. The summed E-state index contributed by atoms with van der Waals surface area (Å²) in [4.78, 5) is 0.350. The maximum Gasteiger partial charge on any atom is 0.186 e. The lowest BCUT2D eigenvalue weighted by atomic mass is 10.0. The van der Waals surface area contributed by atoms with Gasteiger partial charge in [-0.1, -0.05) is 53.6 Å². The van der Waals surface area contributed by atoms with Crippen molar-refractivity contribution in [2.45, 2.75) is 11.8 Å². The Kier molecular flexibility index (Phi) is 4.11. The molecule has 4 nitrogen and oxygen atoms in total. The third kappa shape index (κ3) is 2.83. The minimum Gasteiger partial charge on any atom is -0.302 e. The van der Waals surface area contributed by atoms with Crippen LogP contribution in [0.2, 0.25) is 5.15 Å². The van der Waals surface area contributed by atoms with E-state index in [4.69, 9.17) is 16.2 Å². The number of hydrogen-bond acceptors (Lipinski definition) is 2. The highest BCUT2D eigenvalue weighted by molar-refractivity contribution is 7.79. The fourth-order valence-electron chi connectivity index (χ4n) is 2.32.